The van der Waals surface area contributed by atoms with Crippen molar-refractivity contribution in [3.05, 3.63) is 60.7 Å². The van der Waals surface area contributed by atoms with Crippen molar-refractivity contribution in [2.75, 3.05) is 61.9 Å². The third kappa shape index (κ3) is 4.60. The predicted molar refractivity (Wildman–Crippen MR) is 127 cm³/mol. The number of para-hydroxylation sites is 2. The molecule has 6 nitrogen and oxygen atoms in total. The molecule has 0 atom stereocenters. The van der Waals surface area contributed by atoms with Crippen LogP contribution >= 0.6 is 11.8 Å². The van der Waals surface area contributed by atoms with Crippen molar-refractivity contribution in [2.45, 2.75) is 9.79 Å². The first kappa shape index (κ1) is 22.6. The topological polar surface area (TPSA) is 59.1 Å². The maximum atomic E-state index is 6.19. The van der Waals surface area contributed by atoms with Crippen LogP contribution < -0.4 is 37.6 Å². The summed E-state index contributed by atoms with van der Waals surface area (Å²) in [6.45, 7) is 5.46. The second-order valence-electron chi connectivity index (χ2n) is 8.05. The van der Waals surface area contributed by atoms with Gasteiger partial charge in [0.1, 0.15) is 12.4 Å². The van der Waals surface area contributed by atoms with E-state index in [1.807, 2.05) is 23.9 Å². The molecule has 3 N–H and O–H groups in total. The van der Waals surface area contributed by atoms with E-state index in [4.69, 9.17) is 15.5 Å². The van der Waals surface area contributed by atoms with Crippen LogP contribution in [-0.4, -0.2) is 51.4 Å². The van der Waals surface area contributed by atoms with Gasteiger partial charge in [-0.1, -0.05) is 36.0 Å². The Labute approximate surface area is 199 Å². The Morgan fingerprint density at radius 2 is 1.59 bits per heavy atom. The van der Waals surface area contributed by atoms with Gasteiger partial charge < -0.3 is 37.6 Å². The molecule has 8 heteroatoms. The van der Waals surface area contributed by atoms with E-state index >= 15 is 0 Å². The molecule has 2 aliphatic heterocycles. The summed E-state index contributed by atoms with van der Waals surface area (Å²) in [5.74, 6) is 1.47. The first-order valence-corrected chi connectivity index (χ1v) is 11.6. The quantitative estimate of drug-likeness (QED) is 0.534. The van der Waals surface area contributed by atoms with Crippen LogP contribution in [0.15, 0.2) is 70.5 Å². The minimum atomic E-state index is 0. The smallest absolute Gasteiger partial charge is 0.239 e. The Bertz CT molecular complexity index is 1030. The van der Waals surface area contributed by atoms with Crippen LogP contribution in [0.3, 0.4) is 0 Å². The molecule has 32 heavy (non-hydrogen) atoms. The number of hydrogen-bond acceptors (Lipinski definition) is 6. The van der Waals surface area contributed by atoms with Crippen molar-refractivity contribution >= 4 is 34.6 Å². The van der Waals surface area contributed by atoms with Crippen LogP contribution in [-0.2, 0) is 0 Å². The zero-order chi connectivity index (χ0) is 21.2. The molecule has 0 amide bonds. The molecular formula is C24H28ClN5OS. The Balaban J connectivity index is 0.00000245. The van der Waals surface area contributed by atoms with Crippen molar-refractivity contribution in [1.29, 1.82) is 0 Å². The van der Waals surface area contributed by atoms with Gasteiger partial charge in [0, 0.05) is 9.79 Å². The van der Waals surface area contributed by atoms with Crippen molar-refractivity contribution in [3.63, 3.8) is 0 Å². The van der Waals surface area contributed by atoms with Crippen molar-refractivity contribution in [2.24, 2.45) is 0 Å². The Kier molecular flexibility index (Phi) is 6.98. The number of ether oxygens (including phenoxy) is 1. The van der Waals surface area contributed by atoms with Gasteiger partial charge >= 0.3 is 0 Å². The second-order valence-corrected chi connectivity index (χ2v) is 9.13. The fourth-order valence-electron chi connectivity index (χ4n) is 4.11. The van der Waals surface area contributed by atoms with Crippen LogP contribution in [0, 0.1) is 0 Å². The lowest BCUT2D eigenvalue weighted by Crippen LogP contribution is -3.12. The maximum Gasteiger partial charge on any atom is 0.239 e. The molecule has 0 aliphatic carbocycles. The number of fused-ring (bicyclic) bond motifs is 2. The number of nitrogens with zero attached hydrogens (tertiary/aromatic N) is 3. The number of halogens is 1. The number of nitrogens with two attached hydrogens (primary N) is 1. The van der Waals surface area contributed by atoms with Crippen LogP contribution in [0.5, 0.6) is 5.88 Å². The monoisotopic (exact) mass is 469 g/mol. The van der Waals surface area contributed by atoms with Gasteiger partial charge in [0.05, 0.1) is 56.8 Å². The molecule has 0 radical (unpaired) electrons. The largest absolute Gasteiger partial charge is 1.00 e. The first-order chi connectivity index (χ1) is 15.2. The van der Waals surface area contributed by atoms with Crippen molar-refractivity contribution < 1.29 is 22.0 Å². The van der Waals surface area contributed by atoms with E-state index in [-0.39, 0.29) is 12.4 Å². The first-order valence-electron chi connectivity index (χ1n) is 10.8. The van der Waals surface area contributed by atoms with Gasteiger partial charge in [-0.25, -0.2) is 0 Å². The molecule has 168 valence electrons. The lowest BCUT2D eigenvalue weighted by Gasteiger charge is -2.32. The summed E-state index contributed by atoms with van der Waals surface area (Å²) in [7, 11) is 2.23. The van der Waals surface area contributed by atoms with Gasteiger partial charge in [-0.3, -0.25) is 0 Å². The summed E-state index contributed by atoms with van der Waals surface area (Å²) in [4.78, 5) is 13.5. The second kappa shape index (κ2) is 9.90. The van der Waals surface area contributed by atoms with E-state index in [0.29, 0.717) is 18.2 Å². The number of quaternary nitrogens is 1. The fourth-order valence-corrected chi connectivity index (χ4v) is 5.20. The molecule has 0 unspecified atom stereocenters. The molecule has 0 spiro atoms. The van der Waals surface area contributed by atoms with E-state index in [1.54, 1.807) is 4.90 Å². The van der Waals surface area contributed by atoms with Gasteiger partial charge in [-0.15, -0.1) is 0 Å². The highest BCUT2D eigenvalue weighted by Crippen LogP contribution is 2.47. The number of piperazine rings is 1. The summed E-state index contributed by atoms with van der Waals surface area (Å²) < 4.78 is 6.11. The summed E-state index contributed by atoms with van der Waals surface area (Å²) in [6.07, 6.45) is 0. The van der Waals surface area contributed by atoms with Crippen LogP contribution in [0.4, 0.5) is 22.9 Å². The zero-order valence-electron chi connectivity index (χ0n) is 18.1. The Morgan fingerprint density at radius 3 is 2.25 bits per heavy atom. The molecule has 0 bridgehead atoms. The summed E-state index contributed by atoms with van der Waals surface area (Å²) >= 11 is 1.81. The lowest BCUT2D eigenvalue weighted by molar-refractivity contribution is -0.880. The number of nitrogen functional groups attached to an aromatic ring is 1. The van der Waals surface area contributed by atoms with Crippen LogP contribution in [0.2, 0.25) is 0 Å². The number of aromatic nitrogens is 1. The number of likely N-dealkylation sites (N-methyl/N-ethyl adjacent to an activating group) is 1. The number of benzene rings is 2. The molecule has 3 aromatic rings. The third-order valence-corrected chi connectivity index (χ3v) is 7.03. The van der Waals surface area contributed by atoms with Crippen molar-refractivity contribution in [3.8, 4) is 5.88 Å². The normalized spacial score (nSPS) is 15.5. The molecule has 2 aliphatic rings. The maximum absolute atomic E-state index is 6.19. The summed E-state index contributed by atoms with van der Waals surface area (Å²) in [5.41, 5.74) is 9.19. The highest BCUT2D eigenvalue weighted by Gasteiger charge is 2.23. The molecule has 0 saturated carbocycles. The summed E-state index contributed by atoms with van der Waals surface area (Å²) in [6, 6.07) is 20.9. The van der Waals surface area contributed by atoms with Crippen molar-refractivity contribution in [1.82, 2.24) is 4.98 Å². The highest BCUT2D eigenvalue weighted by molar-refractivity contribution is 7.99. The van der Waals surface area contributed by atoms with Gasteiger partial charge in [-0.05, 0) is 36.4 Å². The summed E-state index contributed by atoms with van der Waals surface area (Å²) in [5, 5.41) is 0. The number of pyridine rings is 1. The van der Waals surface area contributed by atoms with Crippen LogP contribution in [0.1, 0.15) is 0 Å². The van der Waals surface area contributed by atoms with Gasteiger partial charge in [-0.2, -0.15) is 4.98 Å². The molecule has 3 heterocycles. The van der Waals surface area contributed by atoms with E-state index in [2.05, 4.69) is 65.4 Å². The number of rotatable bonds is 5. The van der Waals surface area contributed by atoms with E-state index < -0.39 is 0 Å². The van der Waals surface area contributed by atoms with Gasteiger partial charge in [0.2, 0.25) is 5.88 Å². The number of hydrogen-bond donors (Lipinski definition) is 2. The van der Waals surface area contributed by atoms with E-state index in [0.717, 1.165) is 38.5 Å². The minimum Gasteiger partial charge on any atom is -1.00 e. The van der Waals surface area contributed by atoms with E-state index in [1.165, 1.54) is 21.2 Å². The zero-order valence-corrected chi connectivity index (χ0v) is 19.7. The SMILES string of the molecule is C[NH+]1CCN(c2ccc(N)c(OCCN3c4ccccc4Sc4ccccc43)n2)CC1.[Cl-]. The van der Waals surface area contributed by atoms with Gasteiger partial charge in [0.15, 0.2) is 0 Å². The van der Waals surface area contributed by atoms with Crippen LogP contribution in [0.25, 0.3) is 0 Å². The number of anilines is 4. The standard InChI is InChI=1S/C24H27N5OS.ClH/c1-27-12-14-28(15-13-27)23-11-10-18(25)24(26-23)30-17-16-29-19-6-2-4-8-21(19)31-22-9-5-3-7-20(22)29;/h2-11H,12-17,25H2,1H3;1H. The Hall–Kier alpha value is -2.61. The fraction of sp³-hybridized carbons (Fsp3) is 0.292. The Morgan fingerprint density at radius 1 is 0.969 bits per heavy atom. The average molecular weight is 470 g/mol. The molecule has 1 saturated heterocycles. The predicted octanol–water partition coefficient (Wildman–Crippen LogP) is -0.316. The minimum absolute atomic E-state index is 0. The van der Waals surface area contributed by atoms with Gasteiger partial charge in [0.25, 0.3) is 0 Å². The molecular weight excluding hydrogens is 442 g/mol. The average Bonchev–Trinajstić information content (AvgIpc) is 2.80. The van der Waals surface area contributed by atoms with E-state index in [9.17, 15) is 0 Å². The molecule has 1 aromatic heterocycles. The molecule has 2 aromatic carbocycles. The highest BCUT2D eigenvalue weighted by atomic mass is 35.5. The molecule has 1 fully saturated rings. The number of nitrogens with one attached hydrogen (secondary N) is 1. The lowest BCUT2D eigenvalue weighted by atomic mass is 10.2. The third-order valence-electron chi connectivity index (χ3n) is 5.90. The molecule has 5 rings (SSSR count).